The Morgan fingerprint density at radius 1 is 1.29 bits per heavy atom. The van der Waals surface area contributed by atoms with Gasteiger partial charge in [-0.05, 0) is 40.0 Å². The molecular weight excluding hydrogens is 364 g/mol. The molecule has 0 aliphatic carbocycles. The topological polar surface area (TPSA) is 164 Å². The smallest absolute Gasteiger partial charge is 0.324 e. The van der Waals surface area contributed by atoms with Gasteiger partial charge in [-0.2, -0.15) is 5.26 Å². The Morgan fingerprint density at radius 2 is 1.96 bits per heavy atom. The molecule has 2 amide bonds. The van der Waals surface area contributed by atoms with E-state index >= 15 is 0 Å². The zero-order valence-electron chi connectivity index (χ0n) is 16.7. The molecule has 2 rings (SSSR count). The van der Waals surface area contributed by atoms with Gasteiger partial charge in [-0.1, -0.05) is 0 Å². The number of carbonyl (C=O) groups excluding carboxylic acids is 3. The van der Waals surface area contributed by atoms with Crippen LogP contribution in [0.25, 0.3) is 0 Å². The summed E-state index contributed by atoms with van der Waals surface area (Å²) in [5.41, 5.74) is 2.91. The summed E-state index contributed by atoms with van der Waals surface area (Å²) in [5.74, 6) is 2.55. The van der Waals surface area contributed by atoms with Crippen LogP contribution in [0.3, 0.4) is 0 Å². The van der Waals surface area contributed by atoms with E-state index in [2.05, 4.69) is 16.7 Å². The molecular formula is C18H30N6O4. The lowest BCUT2D eigenvalue weighted by molar-refractivity contribution is -0.181. The van der Waals surface area contributed by atoms with Crippen LogP contribution in [0.2, 0.25) is 0 Å². The van der Waals surface area contributed by atoms with Crippen molar-refractivity contribution >= 4 is 17.8 Å². The van der Waals surface area contributed by atoms with Gasteiger partial charge in [-0.3, -0.25) is 25.5 Å². The molecule has 0 aromatic rings. The Kier molecular flexibility index (Phi) is 6.64. The van der Waals surface area contributed by atoms with Gasteiger partial charge in [0, 0.05) is 19.6 Å². The van der Waals surface area contributed by atoms with Crippen LogP contribution in [-0.4, -0.2) is 54.2 Å². The fourth-order valence-electron chi connectivity index (χ4n) is 3.69. The Bertz CT molecular complexity index is 662. The molecule has 0 bridgehead atoms. The van der Waals surface area contributed by atoms with Gasteiger partial charge >= 0.3 is 5.97 Å². The molecule has 2 aliphatic rings. The number of hydrogen-bond acceptors (Lipinski definition) is 8. The molecule has 6 N–H and O–H groups in total. The molecule has 4 unspecified atom stereocenters. The summed E-state index contributed by atoms with van der Waals surface area (Å²) in [7, 11) is 0. The van der Waals surface area contributed by atoms with E-state index in [4.69, 9.17) is 21.6 Å². The molecule has 0 spiro atoms. The van der Waals surface area contributed by atoms with Crippen molar-refractivity contribution in [1.29, 1.82) is 5.26 Å². The number of piperidine rings is 2. The van der Waals surface area contributed by atoms with Crippen molar-refractivity contribution in [2.75, 3.05) is 19.6 Å². The first-order valence-electron chi connectivity index (χ1n) is 9.46. The van der Waals surface area contributed by atoms with E-state index in [-0.39, 0.29) is 25.0 Å². The Hall–Kier alpha value is -2.22. The highest BCUT2D eigenvalue weighted by atomic mass is 16.6. The Morgan fingerprint density at radius 3 is 2.46 bits per heavy atom. The predicted octanol–water partition coefficient (Wildman–Crippen LogP) is -1.04. The Labute approximate surface area is 164 Å². The fourth-order valence-corrected chi connectivity index (χ4v) is 3.69. The minimum atomic E-state index is -1.87. The van der Waals surface area contributed by atoms with Gasteiger partial charge in [0.25, 0.3) is 0 Å². The van der Waals surface area contributed by atoms with Crippen LogP contribution in [-0.2, 0) is 19.1 Å². The lowest BCUT2D eigenvalue weighted by Gasteiger charge is -2.43. The first-order valence-corrected chi connectivity index (χ1v) is 9.46. The number of nitriles is 1. The second-order valence-electron chi connectivity index (χ2n) is 8.52. The van der Waals surface area contributed by atoms with E-state index in [1.54, 1.807) is 20.8 Å². The number of primary amides is 1. The molecule has 0 aromatic carbocycles. The lowest BCUT2D eigenvalue weighted by atomic mass is 9.69. The number of amides is 2. The minimum absolute atomic E-state index is 0.0971. The molecule has 2 heterocycles. The monoisotopic (exact) mass is 394 g/mol. The number of hydrogen-bond donors (Lipinski definition) is 4. The van der Waals surface area contributed by atoms with Gasteiger partial charge in [0.2, 0.25) is 11.8 Å². The minimum Gasteiger partial charge on any atom is -0.459 e. The number of ether oxygens (including phenoxy) is 1. The molecule has 10 heteroatoms. The van der Waals surface area contributed by atoms with Crippen molar-refractivity contribution in [3.63, 3.8) is 0 Å². The number of nitrogens with one attached hydrogen (secondary N) is 2. The maximum Gasteiger partial charge on any atom is 0.324 e. The van der Waals surface area contributed by atoms with Crippen LogP contribution in [0, 0.1) is 28.6 Å². The molecule has 2 aliphatic heterocycles. The number of rotatable bonds is 4. The maximum atomic E-state index is 13.0. The number of nitrogens with zero attached hydrogens (tertiary/aromatic N) is 2. The molecule has 156 valence electrons. The first-order chi connectivity index (χ1) is 13.0. The van der Waals surface area contributed by atoms with E-state index in [9.17, 15) is 14.4 Å². The molecule has 2 fully saturated rings. The van der Waals surface area contributed by atoms with Crippen LogP contribution in [0.5, 0.6) is 0 Å². The highest BCUT2D eigenvalue weighted by molar-refractivity contribution is 6.07. The number of esters is 1. The zero-order chi connectivity index (χ0) is 21.1. The van der Waals surface area contributed by atoms with Crippen molar-refractivity contribution in [1.82, 2.24) is 15.6 Å². The third-order valence-corrected chi connectivity index (χ3v) is 5.19. The standard InChI is InChI=1S/C18H30N6O4/c1-17(2,3)28-16(27)18(15(20)26)10-24(21)7-6-12(18)14(25)23-13-5-4-11(8-19)9-22-13/h11-13,22H,4-7,9-10,21H2,1-3H3,(H2,20,26)(H,23,25). The summed E-state index contributed by atoms with van der Waals surface area (Å²) in [5, 5.41) is 16.2. The summed E-state index contributed by atoms with van der Waals surface area (Å²) in [6.07, 6.45) is 1.09. The number of carbonyl (C=O) groups is 3. The quantitative estimate of drug-likeness (QED) is 0.267. The average molecular weight is 394 g/mol. The van der Waals surface area contributed by atoms with E-state index in [1.807, 2.05) is 0 Å². The van der Waals surface area contributed by atoms with Gasteiger partial charge in [-0.15, -0.1) is 0 Å². The van der Waals surface area contributed by atoms with Crippen LogP contribution in [0.4, 0.5) is 0 Å². The second kappa shape index (κ2) is 8.43. The van der Waals surface area contributed by atoms with E-state index in [0.29, 0.717) is 25.9 Å². The Balaban J connectivity index is 2.23. The summed E-state index contributed by atoms with van der Waals surface area (Å²) in [6, 6.07) is 2.19. The molecule has 10 nitrogen and oxygen atoms in total. The zero-order valence-corrected chi connectivity index (χ0v) is 16.7. The maximum absolute atomic E-state index is 13.0. The second-order valence-corrected chi connectivity index (χ2v) is 8.52. The van der Waals surface area contributed by atoms with Crippen LogP contribution >= 0.6 is 0 Å². The first kappa shape index (κ1) is 22.1. The molecule has 0 radical (unpaired) electrons. The summed E-state index contributed by atoms with van der Waals surface area (Å²) < 4.78 is 5.44. The molecule has 0 aromatic heterocycles. The van der Waals surface area contributed by atoms with Crippen molar-refractivity contribution in [2.45, 2.75) is 51.8 Å². The molecule has 28 heavy (non-hydrogen) atoms. The normalized spacial score (nSPS) is 31.5. The van der Waals surface area contributed by atoms with E-state index in [1.165, 1.54) is 5.01 Å². The molecule has 2 saturated heterocycles. The highest BCUT2D eigenvalue weighted by Gasteiger charge is 2.58. The van der Waals surface area contributed by atoms with Crippen LogP contribution in [0.15, 0.2) is 0 Å². The largest absolute Gasteiger partial charge is 0.459 e. The molecule has 0 saturated carbocycles. The fraction of sp³-hybridized carbons (Fsp3) is 0.778. The van der Waals surface area contributed by atoms with Crippen molar-refractivity contribution in [3.05, 3.63) is 0 Å². The van der Waals surface area contributed by atoms with Crippen molar-refractivity contribution < 1.29 is 19.1 Å². The van der Waals surface area contributed by atoms with E-state index in [0.717, 1.165) is 0 Å². The molecule has 4 atom stereocenters. The van der Waals surface area contributed by atoms with Gasteiger partial charge < -0.3 is 15.8 Å². The third-order valence-electron chi connectivity index (χ3n) is 5.19. The van der Waals surface area contributed by atoms with Crippen molar-refractivity contribution in [2.24, 2.45) is 28.8 Å². The van der Waals surface area contributed by atoms with E-state index < -0.39 is 34.7 Å². The van der Waals surface area contributed by atoms with Crippen molar-refractivity contribution in [3.8, 4) is 6.07 Å². The number of hydrazine groups is 1. The van der Waals surface area contributed by atoms with Gasteiger partial charge in [-0.25, -0.2) is 5.01 Å². The summed E-state index contributed by atoms with van der Waals surface area (Å²) in [6.45, 7) is 5.64. The van der Waals surface area contributed by atoms with Gasteiger partial charge in [0.15, 0.2) is 5.41 Å². The van der Waals surface area contributed by atoms with Gasteiger partial charge in [0.1, 0.15) is 5.60 Å². The highest BCUT2D eigenvalue weighted by Crippen LogP contribution is 2.38. The van der Waals surface area contributed by atoms with Gasteiger partial charge in [0.05, 0.1) is 24.1 Å². The van der Waals surface area contributed by atoms with Crippen LogP contribution < -0.4 is 22.2 Å². The van der Waals surface area contributed by atoms with Crippen LogP contribution in [0.1, 0.15) is 40.0 Å². The average Bonchev–Trinajstić information content (AvgIpc) is 2.60. The predicted molar refractivity (Wildman–Crippen MR) is 99.6 cm³/mol. The lowest BCUT2D eigenvalue weighted by Crippen LogP contribution is -2.66. The third kappa shape index (κ3) is 4.79. The summed E-state index contributed by atoms with van der Waals surface area (Å²) >= 11 is 0. The number of nitrogens with two attached hydrogens (primary N) is 2. The summed E-state index contributed by atoms with van der Waals surface area (Å²) in [4.78, 5) is 38.4. The SMILES string of the molecule is CC(C)(C)OC(=O)C1(C(N)=O)CN(N)CCC1C(=O)NC1CCC(C#N)CN1.